The predicted octanol–water partition coefficient (Wildman–Crippen LogP) is 5.37. The standard InChI is InChI=1S/C33H33BrN4O6S/c1-23-9-13-27(14-10-23)38(45(41,42)29-17-18-31(43-3)30(34)19-29)21-32(39)37-35-20-25-11-15-28(16-12-25)44-22-33(40)36-24(2)26-7-5-4-6-8-26/h4-20,24H,21-22H2,1-3H3,(H,36,40)(H,37,39)/b35-20-/t24-/m1/s1. The number of hydrazone groups is 1. The molecule has 2 N–H and O–H groups in total. The highest BCUT2D eigenvalue weighted by Gasteiger charge is 2.28. The number of sulfonamides is 1. The number of nitrogens with zero attached hydrogens (tertiary/aromatic N) is 2. The first-order valence-electron chi connectivity index (χ1n) is 13.9. The van der Waals surface area contributed by atoms with Gasteiger partial charge in [0, 0.05) is 0 Å². The zero-order valence-electron chi connectivity index (χ0n) is 24.9. The first kappa shape index (κ1) is 33.2. The van der Waals surface area contributed by atoms with Gasteiger partial charge in [0.1, 0.15) is 18.0 Å². The summed E-state index contributed by atoms with van der Waals surface area (Å²) in [4.78, 5) is 25.2. The van der Waals surface area contributed by atoms with Gasteiger partial charge in [0.05, 0.1) is 34.4 Å². The maximum absolute atomic E-state index is 13.7. The fraction of sp³-hybridized carbons (Fsp3) is 0.182. The number of anilines is 1. The largest absolute Gasteiger partial charge is 0.496 e. The SMILES string of the molecule is COc1ccc(S(=O)(=O)N(CC(=O)N/N=C\c2ccc(OCC(=O)N[C@H](C)c3ccccc3)cc2)c2ccc(C)cc2)cc1Br. The average molecular weight is 694 g/mol. The molecule has 4 aromatic carbocycles. The van der Waals surface area contributed by atoms with E-state index in [2.05, 4.69) is 31.8 Å². The van der Waals surface area contributed by atoms with Crippen molar-refractivity contribution in [1.29, 1.82) is 0 Å². The molecule has 0 aliphatic heterocycles. The molecule has 0 saturated heterocycles. The molecule has 4 rings (SSSR count). The molecule has 10 nitrogen and oxygen atoms in total. The van der Waals surface area contributed by atoms with Crippen LogP contribution in [0.3, 0.4) is 0 Å². The maximum Gasteiger partial charge on any atom is 0.264 e. The summed E-state index contributed by atoms with van der Waals surface area (Å²) in [5.74, 6) is 0.0731. The molecule has 0 aromatic heterocycles. The van der Waals surface area contributed by atoms with Gasteiger partial charge >= 0.3 is 0 Å². The third-order valence-corrected chi connectivity index (χ3v) is 9.04. The Morgan fingerprint density at radius 3 is 2.29 bits per heavy atom. The van der Waals surface area contributed by atoms with Crippen molar-refractivity contribution in [3.05, 3.63) is 118 Å². The van der Waals surface area contributed by atoms with Gasteiger partial charge in [-0.15, -0.1) is 0 Å². The third-order valence-electron chi connectivity index (χ3n) is 6.65. The number of amides is 2. The van der Waals surface area contributed by atoms with Crippen LogP contribution in [0.5, 0.6) is 11.5 Å². The van der Waals surface area contributed by atoms with E-state index in [1.165, 1.54) is 31.5 Å². The van der Waals surface area contributed by atoms with Crippen LogP contribution in [0.2, 0.25) is 0 Å². The Hall–Kier alpha value is -4.68. The Morgan fingerprint density at radius 2 is 1.64 bits per heavy atom. The molecule has 0 fully saturated rings. The number of ether oxygens (including phenoxy) is 2. The van der Waals surface area contributed by atoms with Gasteiger partial charge in [0.25, 0.3) is 21.8 Å². The van der Waals surface area contributed by atoms with Crippen LogP contribution in [0.4, 0.5) is 5.69 Å². The molecule has 45 heavy (non-hydrogen) atoms. The summed E-state index contributed by atoms with van der Waals surface area (Å²) in [6, 6.07) is 27.4. The van der Waals surface area contributed by atoms with Gasteiger partial charge in [-0.2, -0.15) is 5.10 Å². The smallest absolute Gasteiger partial charge is 0.264 e. The van der Waals surface area contributed by atoms with Crippen molar-refractivity contribution < 1.29 is 27.5 Å². The molecule has 0 spiro atoms. The number of aryl methyl sites for hydroxylation is 1. The first-order chi connectivity index (χ1) is 21.6. The number of nitrogens with one attached hydrogen (secondary N) is 2. The van der Waals surface area contributed by atoms with Crippen LogP contribution < -0.4 is 24.5 Å². The molecule has 0 bridgehead atoms. The molecule has 1 atom stereocenters. The van der Waals surface area contributed by atoms with Gasteiger partial charge in [-0.25, -0.2) is 13.8 Å². The van der Waals surface area contributed by atoms with Crippen LogP contribution in [0, 0.1) is 6.92 Å². The van der Waals surface area contributed by atoms with E-state index in [1.54, 1.807) is 48.5 Å². The molecule has 0 aliphatic carbocycles. The van der Waals surface area contributed by atoms with Crippen LogP contribution in [0.15, 0.2) is 112 Å². The molecule has 0 aliphatic rings. The van der Waals surface area contributed by atoms with Crippen LogP contribution in [0.25, 0.3) is 0 Å². The summed E-state index contributed by atoms with van der Waals surface area (Å²) in [5, 5.41) is 6.88. The molecular weight excluding hydrogens is 660 g/mol. The van der Waals surface area contributed by atoms with Gasteiger partial charge in [0.15, 0.2) is 6.61 Å². The topological polar surface area (TPSA) is 126 Å². The number of rotatable bonds is 13. The van der Waals surface area contributed by atoms with E-state index in [0.29, 0.717) is 27.2 Å². The quantitative estimate of drug-likeness (QED) is 0.143. The van der Waals surface area contributed by atoms with E-state index in [-0.39, 0.29) is 23.5 Å². The Balaban J connectivity index is 1.35. The Bertz CT molecular complexity index is 1750. The second-order valence-electron chi connectivity index (χ2n) is 9.99. The van der Waals surface area contributed by atoms with Crippen molar-refractivity contribution in [2.45, 2.75) is 24.8 Å². The van der Waals surface area contributed by atoms with Crippen LogP contribution in [-0.4, -0.2) is 46.7 Å². The number of hydrogen-bond acceptors (Lipinski definition) is 7. The molecule has 2 amide bonds. The Kier molecular flexibility index (Phi) is 11.3. The minimum atomic E-state index is -4.13. The monoisotopic (exact) mass is 692 g/mol. The van der Waals surface area contributed by atoms with E-state index in [4.69, 9.17) is 9.47 Å². The van der Waals surface area contributed by atoms with E-state index < -0.39 is 22.5 Å². The summed E-state index contributed by atoms with van der Waals surface area (Å²) in [6.07, 6.45) is 1.42. The lowest BCUT2D eigenvalue weighted by Crippen LogP contribution is -2.39. The second kappa shape index (κ2) is 15.4. The fourth-order valence-corrected chi connectivity index (χ4v) is 6.35. The predicted molar refractivity (Wildman–Crippen MR) is 177 cm³/mol. The number of halogens is 1. The summed E-state index contributed by atoms with van der Waals surface area (Å²) < 4.78 is 39.6. The van der Waals surface area contributed by atoms with Crippen molar-refractivity contribution in [2.24, 2.45) is 5.10 Å². The van der Waals surface area contributed by atoms with Gasteiger partial charge < -0.3 is 14.8 Å². The Labute approximate surface area is 271 Å². The minimum absolute atomic E-state index is 0.0162. The molecule has 12 heteroatoms. The van der Waals surface area contributed by atoms with Crippen LogP contribution in [0.1, 0.15) is 29.7 Å². The molecule has 0 unspecified atom stereocenters. The van der Waals surface area contributed by atoms with Gasteiger partial charge in [-0.3, -0.25) is 13.9 Å². The van der Waals surface area contributed by atoms with Crippen molar-refractivity contribution >= 4 is 49.7 Å². The van der Waals surface area contributed by atoms with E-state index >= 15 is 0 Å². The van der Waals surface area contributed by atoms with Crippen molar-refractivity contribution in [3.63, 3.8) is 0 Å². The zero-order chi connectivity index (χ0) is 32.4. The van der Waals surface area contributed by atoms with E-state index in [9.17, 15) is 18.0 Å². The highest BCUT2D eigenvalue weighted by atomic mass is 79.9. The van der Waals surface area contributed by atoms with Crippen molar-refractivity contribution in [3.8, 4) is 11.5 Å². The van der Waals surface area contributed by atoms with Crippen LogP contribution in [-0.2, 0) is 19.6 Å². The molecule has 4 aromatic rings. The lowest BCUT2D eigenvalue weighted by molar-refractivity contribution is -0.123. The fourth-order valence-electron chi connectivity index (χ4n) is 4.21. The summed E-state index contributed by atoms with van der Waals surface area (Å²) >= 11 is 3.33. The highest BCUT2D eigenvalue weighted by molar-refractivity contribution is 9.10. The summed E-state index contributed by atoms with van der Waals surface area (Å²) in [6.45, 7) is 3.13. The van der Waals surface area contributed by atoms with Gasteiger partial charge in [0.2, 0.25) is 0 Å². The number of carbonyl (C=O) groups excluding carboxylic acids is 2. The summed E-state index contributed by atoms with van der Waals surface area (Å²) in [5.41, 5.74) is 5.30. The molecular formula is C33H33BrN4O6S. The number of methoxy groups -OCH3 is 1. The van der Waals surface area contributed by atoms with Crippen molar-refractivity contribution in [1.82, 2.24) is 10.7 Å². The number of carbonyl (C=O) groups is 2. The molecule has 0 saturated carbocycles. The average Bonchev–Trinajstić information content (AvgIpc) is 3.04. The van der Waals surface area contributed by atoms with Crippen molar-refractivity contribution in [2.75, 3.05) is 24.6 Å². The molecule has 234 valence electrons. The zero-order valence-corrected chi connectivity index (χ0v) is 27.3. The lowest BCUT2D eigenvalue weighted by Gasteiger charge is -2.24. The second-order valence-corrected chi connectivity index (χ2v) is 12.7. The number of benzene rings is 4. The molecule has 0 radical (unpaired) electrons. The lowest BCUT2D eigenvalue weighted by atomic mass is 10.1. The minimum Gasteiger partial charge on any atom is -0.496 e. The highest BCUT2D eigenvalue weighted by Crippen LogP contribution is 2.30. The maximum atomic E-state index is 13.7. The van der Waals surface area contributed by atoms with Crippen LogP contribution >= 0.6 is 15.9 Å². The van der Waals surface area contributed by atoms with E-state index in [0.717, 1.165) is 15.4 Å². The number of hydrogen-bond donors (Lipinski definition) is 2. The van der Waals surface area contributed by atoms with Gasteiger partial charge in [-0.05, 0) is 95.5 Å². The Morgan fingerprint density at radius 1 is 0.956 bits per heavy atom. The normalized spacial score (nSPS) is 11.9. The first-order valence-corrected chi connectivity index (χ1v) is 16.1. The van der Waals surface area contributed by atoms with E-state index in [1.807, 2.05) is 44.2 Å². The third kappa shape index (κ3) is 9.16. The van der Waals surface area contributed by atoms with Gasteiger partial charge in [-0.1, -0.05) is 48.0 Å². The summed E-state index contributed by atoms with van der Waals surface area (Å²) in [7, 11) is -2.65. The molecule has 0 heterocycles.